The van der Waals surface area contributed by atoms with E-state index < -0.39 is 11.3 Å². The summed E-state index contributed by atoms with van der Waals surface area (Å²) >= 11 is -2.08. The molecule has 0 spiro atoms. The topological polar surface area (TPSA) is 98.1 Å². The number of benzene rings is 1. The molecular formula is C7H8N4O2S. The molecule has 0 heterocycles. The van der Waals surface area contributed by atoms with E-state index in [1.165, 1.54) is 0 Å². The highest BCUT2D eigenvalue weighted by molar-refractivity contribution is 7.80. The van der Waals surface area contributed by atoms with Crippen LogP contribution in [0.3, 0.4) is 0 Å². The number of hydrogen-bond donors (Lipinski definition) is 2. The third kappa shape index (κ3) is 3.44. The average Bonchev–Trinajstić information content (AvgIpc) is 2.14. The van der Waals surface area contributed by atoms with Gasteiger partial charge < -0.3 is 0 Å². The van der Waals surface area contributed by atoms with Crippen molar-refractivity contribution in [3.63, 3.8) is 0 Å². The van der Waals surface area contributed by atoms with Crippen LogP contribution in [0.15, 0.2) is 29.4 Å². The molecule has 74 valence electrons. The van der Waals surface area contributed by atoms with Gasteiger partial charge in [-0.2, -0.15) is 0 Å². The van der Waals surface area contributed by atoms with Gasteiger partial charge in [0.1, 0.15) is 0 Å². The first-order valence-electron chi connectivity index (χ1n) is 3.69. The van der Waals surface area contributed by atoms with Gasteiger partial charge in [-0.1, -0.05) is 17.2 Å². The van der Waals surface area contributed by atoms with Crippen molar-refractivity contribution in [2.75, 3.05) is 4.72 Å². The van der Waals surface area contributed by atoms with Gasteiger partial charge >= 0.3 is 0 Å². The molecule has 1 unspecified atom stereocenters. The summed E-state index contributed by atoms with van der Waals surface area (Å²) in [5.74, 6) is 0. The SMILES string of the molecule is [N-]=[N+]=NCc1cccc(NS(=O)O)c1. The van der Waals surface area contributed by atoms with Gasteiger partial charge in [0, 0.05) is 10.6 Å². The maximum absolute atomic E-state index is 10.4. The molecule has 0 aliphatic carbocycles. The minimum absolute atomic E-state index is 0.226. The normalized spacial score (nSPS) is 11.5. The van der Waals surface area contributed by atoms with Gasteiger partial charge in [-0.15, -0.1) is 0 Å². The monoisotopic (exact) mass is 212 g/mol. The number of nitrogens with zero attached hydrogens (tertiary/aromatic N) is 3. The lowest BCUT2D eigenvalue weighted by atomic mass is 10.2. The molecule has 1 aromatic carbocycles. The second-order valence-electron chi connectivity index (χ2n) is 2.44. The van der Waals surface area contributed by atoms with E-state index >= 15 is 0 Å². The molecule has 0 radical (unpaired) electrons. The second kappa shape index (κ2) is 5.23. The van der Waals surface area contributed by atoms with Gasteiger partial charge in [-0.05, 0) is 23.2 Å². The molecular weight excluding hydrogens is 204 g/mol. The maximum atomic E-state index is 10.4. The number of anilines is 1. The van der Waals surface area contributed by atoms with Crippen molar-refractivity contribution >= 4 is 17.0 Å². The molecule has 7 heteroatoms. The Kier molecular flexibility index (Phi) is 3.93. The quantitative estimate of drug-likeness (QED) is 0.345. The van der Waals surface area contributed by atoms with Crippen molar-refractivity contribution < 1.29 is 8.76 Å². The third-order valence-electron chi connectivity index (χ3n) is 1.45. The molecule has 0 aliphatic rings. The highest BCUT2D eigenvalue weighted by Gasteiger charge is 1.96. The number of azide groups is 1. The Hall–Kier alpha value is -1.56. The van der Waals surface area contributed by atoms with Crippen LogP contribution in [-0.4, -0.2) is 8.76 Å². The summed E-state index contributed by atoms with van der Waals surface area (Å²) in [7, 11) is 0. The van der Waals surface area contributed by atoms with Gasteiger partial charge in [0.2, 0.25) is 0 Å². The summed E-state index contributed by atoms with van der Waals surface area (Å²) in [5.41, 5.74) is 9.38. The third-order valence-corrected chi connectivity index (χ3v) is 1.86. The Morgan fingerprint density at radius 1 is 1.64 bits per heavy atom. The van der Waals surface area contributed by atoms with Gasteiger partial charge in [0.15, 0.2) is 0 Å². The van der Waals surface area contributed by atoms with Crippen LogP contribution in [0.25, 0.3) is 10.4 Å². The van der Waals surface area contributed by atoms with Crippen molar-refractivity contribution in [2.24, 2.45) is 5.11 Å². The first-order valence-corrected chi connectivity index (χ1v) is 4.80. The molecule has 1 aromatic rings. The average molecular weight is 212 g/mol. The summed E-state index contributed by atoms with van der Waals surface area (Å²) in [6.45, 7) is 0.226. The molecule has 0 aliphatic heterocycles. The zero-order valence-electron chi connectivity index (χ0n) is 7.12. The standard InChI is InChI=1S/C7H8N4O2S/c8-11-9-5-6-2-1-3-7(4-6)10-14(12)13/h1-4,10H,5H2,(H,12,13). The van der Waals surface area contributed by atoms with Crippen LogP contribution in [0.2, 0.25) is 0 Å². The summed E-state index contributed by atoms with van der Waals surface area (Å²) in [5, 5.41) is 3.38. The zero-order chi connectivity index (χ0) is 10.4. The van der Waals surface area contributed by atoms with E-state index in [2.05, 4.69) is 14.7 Å². The van der Waals surface area contributed by atoms with Gasteiger partial charge in [-0.3, -0.25) is 9.27 Å². The summed E-state index contributed by atoms with van der Waals surface area (Å²) in [6, 6.07) is 6.76. The molecule has 0 aromatic heterocycles. The predicted molar refractivity (Wildman–Crippen MR) is 53.7 cm³/mol. The molecule has 2 N–H and O–H groups in total. The van der Waals surface area contributed by atoms with Crippen molar-refractivity contribution in [1.82, 2.24) is 0 Å². The molecule has 0 saturated heterocycles. The molecule has 0 bridgehead atoms. The van der Waals surface area contributed by atoms with Crippen molar-refractivity contribution in [2.45, 2.75) is 6.54 Å². The van der Waals surface area contributed by atoms with Crippen LogP contribution < -0.4 is 4.72 Å². The minimum atomic E-state index is -2.08. The molecule has 6 nitrogen and oxygen atoms in total. The van der Waals surface area contributed by atoms with E-state index in [0.717, 1.165) is 5.56 Å². The van der Waals surface area contributed by atoms with Gasteiger partial charge in [0.25, 0.3) is 11.3 Å². The summed E-state index contributed by atoms with van der Waals surface area (Å²) in [4.78, 5) is 2.62. The smallest absolute Gasteiger partial charge is 0.259 e. The van der Waals surface area contributed by atoms with E-state index in [9.17, 15) is 4.21 Å². The Labute approximate surface area is 83.0 Å². The van der Waals surface area contributed by atoms with E-state index in [1.807, 2.05) is 0 Å². The van der Waals surface area contributed by atoms with Crippen LogP contribution in [0.4, 0.5) is 5.69 Å². The first kappa shape index (κ1) is 10.5. The molecule has 0 saturated carbocycles. The van der Waals surface area contributed by atoms with Crippen LogP contribution in [0.5, 0.6) is 0 Å². The van der Waals surface area contributed by atoms with Gasteiger partial charge in [0.05, 0.1) is 6.54 Å². The number of nitrogens with one attached hydrogen (secondary N) is 1. The lowest BCUT2D eigenvalue weighted by Crippen LogP contribution is -2.01. The maximum Gasteiger partial charge on any atom is 0.259 e. The highest BCUT2D eigenvalue weighted by atomic mass is 32.2. The Bertz CT molecular complexity index is 370. The summed E-state index contributed by atoms with van der Waals surface area (Å²) in [6.07, 6.45) is 0. The lowest BCUT2D eigenvalue weighted by Gasteiger charge is -2.02. The molecule has 0 amide bonds. The zero-order valence-corrected chi connectivity index (χ0v) is 7.94. The molecule has 0 fully saturated rings. The summed E-state index contributed by atoms with van der Waals surface area (Å²) < 4.78 is 21.3. The van der Waals surface area contributed by atoms with Crippen molar-refractivity contribution in [3.8, 4) is 0 Å². The van der Waals surface area contributed by atoms with E-state index in [0.29, 0.717) is 5.69 Å². The first-order chi connectivity index (χ1) is 6.72. The van der Waals surface area contributed by atoms with Crippen molar-refractivity contribution in [3.05, 3.63) is 40.3 Å². The second-order valence-corrected chi connectivity index (χ2v) is 3.14. The minimum Gasteiger partial charge on any atom is -0.289 e. The highest BCUT2D eigenvalue weighted by Crippen LogP contribution is 2.11. The predicted octanol–water partition coefficient (Wildman–Crippen LogP) is 2.05. The molecule has 1 rings (SSSR count). The van der Waals surface area contributed by atoms with E-state index in [1.54, 1.807) is 24.3 Å². The van der Waals surface area contributed by atoms with E-state index in [-0.39, 0.29) is 6.54 Å². The largest absolute Gasteiger partial charge is 0.289 e. The Balaban J connectivity index is 2.78. The lowest BCUT2D eigenvalue weighted by molar-refractivity contribution is 0.570. The number of rotatable bonds is 4. The van der Waals surface area contributed by atoms with Crippen LogP contribution >= 0.6 is 0 Å². The van der Waals surface area contributed by atoms with Crippen LogP contribution in [-0.2, 0) is 17.8 Å². The fourth-order valence-electron chi connectivity index (χ4n) is 0.947. The van der Waals surface area contributed by atoms with Gasteiger partial charge in [-0.25, -0.2) is 4.21 Å². The van der Waals surface area contributed by atoms with Crippen molar-refractivity contribution in [1.29, 1.82) is 0 Å². The molecule has 1 atom stereocenters. The van der Waals surface area contributed by atoms with E-state index in [4.69, 9.17) is 10.1 Å². The van der Waals surface area contributed by atoms with Crippen LogP contribution in [0.1, 0.15) is 5.56 Å². The Morgan fingerprint density at radius 2 is 2.43 bits per heavy atom. The molecule has 14 heavy (non-hydrogen) atoms. The van der Waals surface area contributed by atoms with Crippen LogP contribution in [0, 0.1) is 0 Å². The fraction of sp³-hybridized carbons (Fsp3) is 0.143. The number of hydrogen-bond acceptors (Lipinski definition) is 2. The fourth-order valence-corrected chi connectivity index (χ4v) is 1.28. The Morgan fingerprint density at radius 3 is 3.07 bits per heavy atom.